The predicted molar refractivity (Wildman–Crippen MR) is 85.6 cm³/mol. The van der Waals surface area contributed by atoms with Gasteiger partial charge in [-0.15, -0.1) is 0 Å². The molecule has 2 heteroatoms. The number of alkyl halides is 2. The van der Waals surface area contributed by atoms with Gasteiger partial charge in [0.05, 0.1) is 0 Å². The van der Waals surface area contributed by atoms with Crippen molar-refractivity contribution < 1.29 is 0 Å². The highest BCUT2D eigenvalue weighted by Crippen LogP contribution is 2.45. The fourth-order valence-corrected chi connectivity index (χ4v) is 6.49. The zero-order chi connectivity index (χ0) is 12.5. The van der Waals surface area contributed by atoms with Gasteiger partial charge in [-0.1, -0.05) is 70.4 Å². The Morgan fingerprint density at radius 3 is 1.22 bits per heavy atom. The van der Waals surface area contributed by atoms with Crippen LogP contribution in [0.2, 0.25) is 0 Å². The summed E-state index contributed by atoms with van der Waals surface area (Å²) in [5.74, 6) is 3.99. The molecule has 6 rings (SSSR count). The molecule has 104 valence electrons. The minimum Gasteiger partial charge on any atom is -0.0888 e. The van der Waals surface area contributed by atoms with Crippen molar-refractivity contribution in [3.05, 3.63) is 0 Å². The largest absolute Gasteiger partial charge is 0.0888 e. The monoisotopic (exact) mass is 376 g/mol. The molecule has 0 amide bonds. The molecule has 6 saturated carbocycles. The van der Waals surface area contributed by atoms with E-state index in [1.807, 2.05) is 0 Å². The Kier molecular flexibility index (Phi) is 4.76. The third kappa shape index (κ3) is 3.16. The molecular weight excluding hydrogens is 352 g/mol. The average molecular weight is 378 g/mol. The summed E-state index contributed by atoms with van der Waals surface area (Å²) in [7, 11) is 0. The van der Waals surface area contributed by atoms with Crippen molar-refractivity contribution in [2.75, 3.05) is 0 Å². The number of rotatable bonds is 0. The van der Waals surface area contributed by atoms with Gasteiger partial charge in [-0.3, -0.25) is 0 Å². The third-order valence-electron chi connectivity index (χ3n) is 5.94. The first kappa shape index (κ1) is 13.9. The molecule has 0 aromatic carbocycles. The molecule has 3 unspecified atom stereocenters. The van der Waals surface area contributed by atoms with E-state index in [0.29, 0.717) is 0 Å². The van der Waals surface area contributed by atoms with Crippen LogP contribution >= 0.6 is 31.9 Å². The highest BCUT2D eigenvalue weighted by atomic mass is 79.9. The molecule has 0 radical (unpaired) electrons. The molecule has 0 aromatic heterocycles. The van der Waals surface area contributed by atoms with Gasteiger partial charge in [-0.05, 0) is 49.4 Å². The molecule has 0 spiro atoms. The van der Waals surface area contributed by atoms with Crippen molar-refractivity contribution in [1.82, 2.24) is 0 Å². The van der Waals surface area contributed by atoms with Crippen LogP contribution in [0.1, 0.15) is 64.2 Å². The van der Waals surface area contributed by atoms with E-state index in [-0.39, 0.29) is 0 Å². The average Bonchev–Trinajstić information content (AvgIpc) is 2.37. The van der Waals surface area contributed by atoms with Gasteiger partial charge in [0.25, 0.3) is 0 Å². The van der Waals surface area contributed by atoms with E-state index in [1.54, 1.807) is 0 Å². The van der Waals surface area contributed by atoms with Crippen LogP contribution in [0.25, 0.3) is 0 Å². The molecule has 0 heterocycles. The summed E-state index contributed by atoms with van der Waals surface area (Å²) >= 11 is 7.99. The Balaban J connectivity index is 1.71. The first-order chi connectivity index (χ1) is 8.72. The molecule has 18 heavy (non-hydrogen) atoms. The minimum atomic E-state index is 0.800. The fourth-order valence-electron chi connectivity index (χ4n) is 4.56. The maximum absolute atomic E-state index is 3.99. The first-order valence-corrected chi connectivity index (χ1v) is 9.83. The smallest absolute Gasteiger partial charge is 0.0177 e. The summed E-state index contributed by atoms with van der Waals surface area (Å²) in [5, 5.41) is 0. The van der Waals surface area contributed by atoms with Crippen LogP contribution in [-0.2, 0) is 0 Å². The molecule has 0 aromatic rings. The summed E-state index contributed by atoms with van der Waals surface area (Å²) in [4.78, 5) is 1.60. The second-order valence-corrected chi connectivity index (χ2v) is 9.42. The zero-order valence-corrected chi connectivity index (χ0v) is 14.5. The van der Waals surface area contributed by atoms with E-state index in [2.05, 4.69) is 31.9 Å². The fraction of sp³-hybridized carbons (Fsp3) is 1.00. The van der Waals surface area contributed by atoms with Crippen LogP contribution in [0.3, 0.4) is 0 Å². The highest BCUT2D eigenvalue weighted by Gasteiger charge is 2.36. The SMILES string of the molecule is BrC1CC2CCC3CCC(CC3)CCC1C[C@@H]2Br. The standard InChI is InChI=1S/C16H26Br2/c17-15-10-14-8-6-12-2-1-11(3-4-12)5-7-13(15)9-16(14)18/h11-16H,1-10H2/t11?,12?,13?,14?,15-,16?/m0/s1. The Hall–Kier alpha value is 0.960. The van der Waals surface area contributed by atoms with Crippen LogP contribution in [0.5, 0.6) is 0 Å². The van der Waals surface area contributed by atoms with Crippen LogP contribution in [0.4, 0.5) is 0 Å². The van der Waals surface area contributed by atoms with E-state index in [1.165, 1.54) is 64.2 Å². The van der Waals surface area contributed by atoms with Crippen LogP contribution in [0, 0.1) is 23.7 Å². The van der Waals surface area contributed by atoms with Crippen LogP contribution < -0.4 is 0 Å². The topological polar surface area (TPSA) is 0 Å². The number of halogens is 2. The first-order valence-electron chi connectivity index (χ1n) is 8.00. The summed E-state index contributed by atoms with van der Waals surface area (Å²) < 4.78 is 0. The molecule has 4 bridgehead atoms. The van der Waals surface area contributed by atoms with Crippen molar-refractivity contribution in [3.63, 3.8) is 0 Å². The Morgan fingerprint density at radius 1 is 0.500 bits per heavy atom. The maximum Gasteiger partial charge on any atom is 0.0177 e. The normalized spacial score (nSPS) is 49.7. The molecule has 6 aliphatic carbocycles. The lowest BCUT2D eigenvalue weighted by atomic mass is 9.71. The van der Waals surface area contributed by atoms with Gasteiger partial charge in [0.2, 0.25) is 0 Å². The van der Waals surface area contributed by atoms with E-state index in [4.69, 9.17) is 0 Å². The summed E-state index contributed by atoms with van der Waals surface area (Å²) in [5.41, 5.74) is 0. The molecular formula is C16H26Br2. The highest BCUT2D eigenvalue weighted by molar-refractivity contribution is 9.10. The van der Waals surface area contributed by atoms with Gasteiger partial charge in [0.15, 0.2) is 0 Å². The van der Waals surface area contributed by atoms with Gasteiger partial charge >= 0.3 is 0 Å². The summed E-state index contributed by atoms with van der Waals surface area (Å²) in [6, 6.07) is 0. The van der Waals surface area contributed by atoms with Crippen molar-refractivity contribution >= 4 is 31.9 Å². The molecule has 0 saturated heterocycles. The van der Waals surface area contributed by atoms with Crippen molar-refractivity contribution in [1.29, 1.82) is 0 Å². The van der Waals surface area contributed by atoms with E-state index >= 15 is 0 Å². The lowest BCUT2D eigenvalue weighted by Crippen LogP contribution is -2.34. The predicted octanol–water partition coefficient (Wildman–Crippen LogP) is 5.92. The van der Waals surface area contributed by atoms with Gasteiger partial charge in [0, 0.05) is 9.65 Å². The number of hydrogen-bond acceptors (Lipinski definition) is 0. The second kappa shape index (κ2) is 6.16. The van der Waals surface area contributed by atoms with Gasteiger partial charge in [-0.25, -0.2) is 0 Å². The Bertz CT molecular complexity index is 242. The van der Waals surface area contributed by atoms with Crippen LogP contribution in [0.15, 0.2) is 0 Å². The molecule has 0 aliphatic heterocycles. The Labute approximate surface area is 129 Å². The number of hydrogen-bond donors (Lipinski definition) is 0. The van der Waals surface area contributed by atoms with Crippen molar-refractivity contribution in [2.24, 2.45) is 23.7 Å². The lowest BCUT2D eigenvalue weighted by molar-refractivity contribution is 0.187. The Morgan fingerprint density at radius 2 is 0.833 bits per heavy atom. The van der Waals surface area contributed by atoms with E-state index in [0.717, 1.165) is 33.3 Å². The molecule has 0 nitrogen and oxygen atoms in total. The molecule has 0 N–H and O–H groups in total. The summed E-state index contributed by atoms with van der Waals surface area (Å²) in [6.45, 7) is 0. The molecule has 6 aliphatic rings. The molecule has 4 atom stereocenters. The van der Waals surface area contributed by atoms with Crippen LogP contribution in [-0.4, -0.2) is 9.65 Å². The van der Waals surface area contributed by atoms with Gasteiger partial charge in [-0.2, -0.15) is 0 Å². The second-order valence-electron chi connectivity index (χ2n) is 7.07. The van der Waals surface area contributed by atoms with Gasteiger partial charge in [0.1, 0.15) is 0 Å². The lowest BCUT2D eigenvalue weighted by Gasteiger charge is -2.40. The third-order valence-corrected chi connectivity index (χ3v) is 8.18. The zero-order valence-electron chi connectivity index (χ0n) is 11.3. The molecule has 6 fully saturated rings. The van der Waals surface area contributed by atoms with Gasteiger partial charge < -0.3 is 0 Å². The van der Waals surface area contributed by atoms with E-state index < -0.39 is 0 Å². The quantitative estimate of drug-likeness (QED) is 0.459. The minimum absolute atomic E-state index is 0.800. The maximum atomic E-state index is 3.99. The van der Waals surface area contributed by atoms with Crippen molar-refractivity contribution in [2.45, 2.75) is 73.9 Å². The summed E-state index contributed by atoms with van der Waals surface area (Å²) in [6.07, 6.45) is 14.9. The van der Waals surface area contributed by atoms with Crippen molar-refractivity contribution in [3.8, 4) is 0 Å². The van der Waals surface area contributed by atoms with E-state index in [9.17, 15) is 0 Å².